The molecule has 11 heteroatoms. The first-order valence-corrected chi connectivity index (χ1v) is 11.5. The van der Waals surface area contributed by atoms with Gasteiger partial charge in [0.1, 0.15) is 11.8 Å². The highest BCUT2D eigenvalue weighted by molar-refractivity contribution is 6.04. The molecule has 37 heavy (non-hydrogen) atoms. The Morgan fingerprint density at radius 1 is 1.05 bits per heavy atom. The van der Waals surface area contributed by atoms with Crippen molar-refractivity contribution >= 4 is 35.5 Å². The second-order valence-electron chi connectivity index (χ2n) is 8.21. The quantitative estimate of drug-likeness (QED) is 0.173. The third-order valence-corrected chi connectivity index (χ3v) is 5.08. The van der Waals surface area contributed by atoms with Crippen LogP contribution in [0, 0.1) is 5.92 Å². The van der Waals surface area contributed by atoms with E-state index in [1.807, 2.05) is 0 Å². The average molecular weight is 514 g/mol. The van der Waals surface area contributed by atoms with Gasteiger partial charge in [0.15, 0.2) is 11.5 Å². The molecule has 0 aliphatic carbocycles. The molecular formula is C26H31N3O8. The summed E-state index contributed by atoms with van der Waals surface area (Å²) in [6, 6.07) is 7.41. The van der Waals surface area contributed by atoms with Crippen molar-refractivity contribution in [2.24, 2.45) is 5.92 Å². The minimum absolute atomic E-state index is 0.0330. The number of aromatic hydroxyl groups is 2. The van der Waals surface area contributed by atoms with Gasteiger partial charge in [-0.1, -0.05) is 19.9 Å². The van der Waals surface area contributed by atoms with Crippen molar-refractivity contribution < 1.29 is 38.9 Å². The van der Waals surface area contributed by atoms with Gasteiger partial charge in [0.05, 0.1) is 31.5 Å². The molecule has 0 aromatic heterocycles. The topological polar surface area (TPSA) is 163 Å². The highest BCUT2D eigenvalue weighted by atomic mass is 16.5. The Hall–Kier alpha value is -4.54. The standard InChI is InChI=1S/C26H31N3O8/c1-5-37-26(35)18-13-17(30)8-9-19(18)28-25(34)24(15(2)3)29-23(33)14-27-22(32)11-7-16-6-10-20(31)21(12-16)36-4/h6-13,15,24,30-31H,5,14H2,1-4H3,(H,27,32)(H,28,34)(H,29,33)/b11-7+/t24-/m0/s1. The monoisotopic (exact) mass is 513 g/mol. The van der Waals surface area contributed by atoms with Crippen LogP contribution < -0.4 is 20.7 Å². The van der Waals surface area contributed by atoms with E-state index in [2.05, 4.69) is 16.0 Å². The number of esters is 1. The molecule has 0 spiro atoms. The fourth-order valence-corrected chi connectivity index (χ4v) is 3.18. The van der Waals surface area contributed by atoms with Gasteiger partial charge in [0, 0.05) is 6.08 Å². The molecule has 0 fully saturated rings. The Morgan fingerprint density at radius 3 is 2.43 bits per heavy atom. The Balaban J connectivity index is 1.99. The van der Waals surface area contributed by atoms with E-state index in [0.29, 0.717) is 5.56 Å². The lowest BCUT2D eigenvalue weighted by Gasteiger charge is -2.22. The molecule has 0 bridgehead atoms. The molecule has 2 rings (SSSR count). The van der Waals surface area contributed by atoms with Gasteiger partial charge in [-0.25, -0.2) is 4.79 Å². The summed E-state index contributed by atoms with van der Waals surface area (Å²) >= 11 is 0. The molecule has 0 saturated carbocycles. The summed E-state index contributed by atoms with van der Waals surface area (Å²) in [5.74, 6) is -2.74. The summed E-state index contributed by atoms with van der Waals surface area (Å²) < 4.78 is 9.98. The van der Waals surface area contributed by atoms with Crippen LogP contribution in [0.3, 0.4) is 0 Å². The number of rotatable bonds is 11. The molecule has 2 aromatic rings. The SMILES string of the molecule is CCOC(=O)c1cc(O)ccc1NC(=O)[C@@H](NC(=O)CNC(=O)/C=C/c1ccc(O)c(OC)c1)C(C)C. The molecule has 0 aliphatic rings. The van der Waals surface area contributed by atoms with Gasteiger partial charge >= 0.3 is 5.97 Å². The van der Waals surface area contributed by atoms with Crippen LogP contribution in [0.15, 0.2) is 42.5 Å². The first-order chi connectivity index (χ1) is 17.5. The number of phenols is 2. The van der Waals surface area contributed by atoms with Crippen molar-refractivity contribution in [3.63, 3.8) is 0 Å². The molecule has 5 N–H and O–H groups in total. The largest absolute Gasteiger partial charge is 0.508 e. The predicted molar refractivity (Wildman–Crippen MR) is 136 cm³/mol. The molecule has 0 heterocycles. The highest BCUT2D eigenvalue weighted by Crippen LogP contribution is 2.26. The summed E-state index contributed by atoms with van der Waals surface area (Å²) in [6.07, 6.45) is 2.70. The number of phenolic OH excluding ortho intramolecular Hbond substituents is 2. The molecule has 0 saturated heterocycles. The van der Waals surface area contributed by atoms with Gasteiger partial charge in [0.25, 0.3) is 0 Å². The van der Waals surface area contributed by atoms with E-state index in [9.17, 15) is 29.4 Å². The highest BCUT2D eigenvalue weighted by Gasteiger charge is 2.26. The minimum atomic E-state index is -0.978. The van der Waals surface area contributed by atoms with E-state index in [4.69, 9.17) is 9.47 Å². The van der Waals surface area contributed by atoms with Gasteiger partial charge in [-0.15, -0.1) is 0 Å². The number of carbonyl (C=O) groups excluding carboxylic acids is 4. The van der Waals surface area contributed by atoms with Gasteiger partial charge in [-0.05, 0) is 54.8 Å². The fourth-order valence-electron chi connectivity index (χ4n) is 3.18. The zero-order chi connectivity index (χ0) is 27.5. The van der Waals surface area contributed by atoms with Gasteiger partial charge < -0.3 is 35.6 Å². The molecule has 1 atom stereocenters. The number of hydrogen-bond acceptors (Lipinski definition) is 8. The maximum Gasteiger partial charge on any atom is 0.340 e. The summed E-state index contributed by atoms with van der Waals surface area (Å²) in [5, 5.41) is 26.9. The lowest BCUT2D eigenvalue weighted by Crippen LogP contribution is -2.50. The Morgan fingerprint density at radius 2 is 1.78 bits per heavy atom. The van der Waals surface area contributed by atoms with Crippen LogP contribution in [0.2, 0.25) is 0 Å². The molecule has 3 amide bonds. The minimum Gasteiger partial charge on any atom is -0.508 e. The molecule has 2 aromatic carbocycles. The molecular weight excluding hydrogens is 482 g/mol. The zero-order valence-corrected chi connectivity index (χ0v) is 21.0. The van der Waals surface area contributed by atoms with E-state index < -0.39 is 29.7 Å². The maximum atomic E-state index is 12.9. The van der Waals surface area contributed by atoms with Crippen LogP contribution in [-0.2, 0) is 19.1 Å². The number of benzene rings is 2. The van der Waals surface area contributed by atoms with Crippen LogP contribution in [0.25, 0.3) is 6.08 Å². The summed E-state index contributed by atoms with van der Waals surface area (Å²) in [4.78, 5) is 49.7. The summed E-state index contributed by atoms with van der Waals surface area (Å²) in [5.41, 5.74) is 0.682. The first-order valence-electron chi connectivity index (χ1n) is 11.5. The fraction of sp³-hybridized carbons (Fsp3) is 0.308. The van der Waals surface area contributed by atoms with E-state index in [1.54, 1.807) is 32.9 Å². The van der Waals surface area contributed by atoms with Crippen LogP contribution in [0.5, 0.6) is 17.2 Å². The van der Waals surface area contributed by atoms with E-state index >= 15 is 0 Å². The number of amides is 3. The second kappa shape index (κ2) is 13.5. The number of methoxy groups -OCH3 is 1. The van der Waals surface area contributed by atoms with Crippen LogP contribution in [-0.4, -0.2) is 60.2 Å². The van der Waals surface area contributed by atoms with E-state index in [1.165, 1.54) is 43.5 Å². The predicted octanol–water partition coefficient (Wildman–Crippen LogP) is 2.19. The number of ether oxygens (including phenoxy) is 2. The average Bonchev–Trinajstić information content (AvgIpc) is 2.86. The second-order valence-corrected chi connectivity index (χ2v) is 8.21. The van der Waals surface area contributed by atoms with Crippen molar-refractivity contribution in [1.82, 2.24) is 10.6 Å². The molecule has 0 unspecified atom stereocenters. The number of hydrogen-bond donors (Lipinski definition) is 5. The molecule has 11 nitrogen and oxygen atoms in total. The smallest absolute Gasteiger partial charge is 0.340 e. The van der Waals surface area contributed by atoms with Crippen LogP contribution in [0.1, 0.15) is 36.7 Å². The lowest BCUT2D eigenvalue weighted by molar-refractivity contribution is -0.128. The summed E-state index contributed by atoms with van der Waals surface area (Å²) in [6.45, 7) is 4.80. The van der Waals surface area contributed by atoms with Crippen LogP contribution >= 0.6 is 0 Å². The molecule has 0 aliphatic heterocycles. The van der Waals surface area contributed by atoms with Crippen molar-refractivity contribution in [2.45, 2.75) is 26.8 Å². The normalized spacial score (nSPS) is 11.6. The molecule has 198 valence electrons. The Bertz CT molecular complexity index is 1180. The number of anilines is 1. The van der Waals surface area contributed by atoms with E-state index in [0.717, 1.165) is 0 Å². The zero-order valence-electron chi connectivity index (χ0n) is 21.0. The number of carbonyl (C=O) groups is 4. The summed E-state index contributed by atoms with van der Waals surface area (Å²) in [7, 11) is 1.41. The van der Waals surface area contributed by atoms with E-state index in [-0.39, 0.29) is 47.6 Å². The van der Waals surface area contributed by atoms with Crippen LogP contribution in [0.4, 0.5) is 5.69 Å². The van der Waals surface area contributed by atoms with Gasteiger partial charge in [-0.2, -0.15) is 0 Å². The van der Waals surface area contributed by atoms with Gasteiger partial charge in [0.2, 0.25) is 17.7 Å². The Kier molecular flexibility index (Phi) is 10.5. The third-order valence-electron chi connectivity index (χ3n) is 5.08. The van der Waals surface area contributed by atoms with Crippen molar-refractivity contribution in [3.8, 4) is 17.2 Å². The lowest BCUT2D eigenvalue weighted by atomic mass is 10.0. The Labute approximate surface area is 214 Å². The van der Waals surface area contributed by atoms with Gasteiger partial charge in [-0.3, -0.25) is 14.4 Å². The first kappa shape index (κ1) is 28.7. The molecule has 0 radical (unpaired) electrons. The van der Waals surface area contributed by atoms with Crippen molar-refractivity contribution in [2.75, 3.05) is 25.6 Å². The maximum absolute atomic E-state index is 12.9. The van der Waals surface area contributed by atoms with Crippen molar-refractivity contribution in [3.05, 3.63) is 53.6 Å². The van der Waals surface area contributed by atoms with Crippen molar-refractivity contribution in [1.29, 1.82) is 0 Å². The third kappa shape index (κ3) is 8.57. The number of nitrogens with one attached hydrogen (secondary N) is 3.